The van der Waals surface area contributed by atoms with Crippen LogP contribution in [0, 0.1) is 0 Å². The van der Waals surface area contributed by atoms with Crippen LogP contribution in [0.15, 0.2) is 41.8 Å². The van der Waals surface area contributed by atoms with E-state index in [0.29, 0.717) is 13.0 Å². The molecular weight excluding hydrogens is 338 g/mol. The van der Waals surface area contributed by atoms with Crippen molar-refractivity contribution in [1.29, 1.82) is 0 Å². The van der Waals surface area contributed by atoms with E-state index in [1.54, 1.807) is 11.3 Å². The van der Waals surface area contributed by atoms with Gasteiger partial charge in [-0.25, -0.2) is 4.79 Å². The molecule has 2 aromatic rings. The van der Waals surface area contributed by atoms with Gasteiger partial charge < -0.3 is 10.6 Å². The van der Waals surface area contributed by atoms with Crippen molar-refractivity contribution < 1.29 is 14.4 Å². The minimum atomic E-state index is -1.01. The Morgan fingerprint density at radius 2 is 2.08 bits per heavy atom. The topological polar surface area (TPSA) is 78.5 Å². The molecule has 1 spiro atoms. The van der Waals surface area contributed by atoms with Crippen LogP contribution in [0.1, 0.15) is 22.4 Å². The van der Waals surface area contributed by atoms with Crippen LogP contribution in [0.25, 0.3) is 0 Å². The third kappa shape index (κ3) is 2.60. The van der Waals surface area contributed by atoms with Crippen molar-refractivity contribution in [2.24, 2.45) is 0 Å². The maximum atomic E-state index is 12.9. The van der Waals surface area contributed by atoms with Crippen molar-refractivity contribution in [3.63, 3.8) is 0 Å². The Labute approximate surface area is 148 Å². The number of urea groups is 1. The number of thiophene rings is 1. The molecule has 6 nitrogen and oxygen atoms in total. The number of carbonyl (C=O) groups excluding carboxylic acids is 3. The molecule has 0 saturated carbocycles. The molecule has 2 heterocycles. The quantitative estimate of drug-likeness (QED) is 0.821. The van der Waals surface area contributed by atoms with Crippen LogP contribution < -0.4 is 10.6 Å². The van der Waals surface area contributed by atoms with E-state index in [4.69, 9.17) is 0 Å². The molecule has 7 heteroatoms. The molecule has 128 valence electrons. The van der Waals surface area contributed by atoms with E-state index in [1.165, 1.54) is 0 Å². The molecule has 1 aliphatic heterocycles. The van der Waals surface area contributed by atoms with Crippen LogP contribution >= 0.6 is 11.3 Å². The fourth-order valence-electron chi connectivity index (χ4n) is 3.53. The van der Waals surface area contributed by atoms with Crippen LogP contribution in [0.2, 0.25) is 0 Å². The van der Waals surface area contributed by atoms with Gasteiger partial charge in [0.1, 0.15) is 12.1 Å². The molecule has 1 saturated heterocycles. The summed E-state index contributed by atoms with van der Waals surface area (Å²) in [5.74, 6) is -0.686. The Kier molecular flexibility index (Phi) is 3.80. The van der Waals surface area contributed by atoms with Gasteiger partial charge in [0.15, 0.2) is 0 Å². The molecule has 0 radical (unpaired) electrons. The molecule has 1 aliphatic carbocycles. The Balaban J connectivity index is 1.48. The second-order valence-electron chi connectivity index (χ2n) is 6.24. The lowest BCUT2D eigenvalue weighted by molar-refractivity contribution is -0.135. The first-order valence-corrected chi connectivity index (χ1v) is 9.00. The molecule has 4 rings (SSSR count). The number of benzene rings is 1. The summed E-state index contributed by atoms with van der Waals surface area (Å²) >= 11 is 1.54. The maximum absolute atomic E-state index is 12.9. The van der Waals surface area contributed by atoms with Gasteiger partial charge in [-0.05, 0) is 35.4 Å². The predicted molar refractivity (Wildman–Crippen MR) is 92.9 cm³/mol. The fraction of sp³-hybridized carbons (Fsp3) is 0.278. The van der Waals surface area contributed by atoms with E-state index in [2.05, 4.69) is 10.6 Å². The van der Waals surface area contributed by atoms with Gasteiger partial charge in [-0.1, -0.05) is 30.3 Å². The van der Waals surface area contributed by atoms with E-state index in [-0.39, 0.29) is 18.4 Å². The van der Waals surface area contributed by atoms with Gasteiger partial charge >= 0.3 is 6.03 Å². The lowest BCUT2D eigenvalue weighted by Crippen LogP contribution is -2.43. The van der Waals surface area contributed by atoms with E-state index < -0.39 is 11.6 Å². The zero-order valence-electron chi connectivity index (χ0n) is 13.5. The van der Waals surface area contributed by atoms with Crippen LogP contribution in [0.3, 0.4) is 0 Å². The normalized spacial score (nSPS) is 21.5. The summed E-state index contributed by atoms with van der Waals surface area (Å²) in [6, 6.07) is 11.0. The summed E-state index contributed by atoms with van der Waals surface area (Å²) in [5, 5.41) is 7.50. The third-order valence-corrected chi connectivity index (χ3v) is 5.64. The van der Waals surface area contributed by atoms with Crippen molar-refractivity contribution >= 4 is 29.2 Å². The summed E-state index contributed by atoms with van der Waals surface area (Å²) in [4.78, 5) is 39.5. The Morgan fingerprint density at radius 1 is 1.24 bits per heavy atom. The number of rotatable bonds is 4. The number of carbonyl (C=O) groups is 3. The van der Waals surface area contributed by atoms with E-state index in [9.17, 15) is 14.4 Å². The second kappa shape index (κ2) is 6.00. The average molecular weight is 355 g/mol. The first-order chi connectivity index (χ1) is 12.1. The number of hydrogen-bond acceptors (Lipinski definition) is 4. The van der Waals surface area contributed by atoms with Crippen molar-refractivity contribution in [2.75, 3.05) is 6.54 Å². The molecule has 1 atom stereocenters. The van der Waals surface area contributed by atoms with Crippen LogP contribution in [0.5, 0.6) is 0 Å². The summed E-state index contributed by atoms with van der Waals surface area (Å²) in [6.45, 7) is 0.133. The molecule has 25 heavy (non-hydrogen) atoms. The molecule has 4 amide bonds. The number of nitrogens with one attached hydrogen (secondary N) is 2. The summed E-state index contributed by atoms with van der Waals surface area (Å²) in [5.41, 5.74) is 0.900. The van der Waals surface area contributed by atoms with Crippen molar-refractivity contribution in [1.82, 2.24) is 15.5 Å². The highest BCUT2D eigenvalue weighted by molar-refractivity contribution is 7.09. The SMILES string of the molecule is O=C(CN1C(=O)N[C@@]2(CCc3ccccc32)C1=O)NCc1cccs1. The minimum Gasteiger partial charge on any atom is -0.350 e. The Bertz CT molecular complexity index is 849. The Morgan fingerprint density at radius 3 is 2.88 bits per heavy atom. The molecule has 1 fully saturated rings. The van der Waals surface area contributed by atoms with Crippen LogP contribution in [-0.4, -0.2) is 29.3 Å². The average Bonchev–Trinajstić information content (AvgIpc) is 3.31. The van der Waals surface area contributed by atoms with Crippen molar-refractivity contribution in [3.8, 4) is 0 Å². The molecule has 2 N–H and O–H groups in total. The lowest BCUT2D eigenvalue weighted by atomic mass is 9.92. The third-order valence-electron chi connectivity index (χ3n) is 4.76. The van der Waals surface area contributed by atoms with Gasteiger partial charge in [0, 0.05) is 4.88 Å². The number of fused-ring (bicyclic) bond motifs is 2. The number of aryl methyl sites for hydroxylation is 1. The van der Waals surface area contributed by atoms with Gasteiger partial charge in [0.05, 0.1) is 6.54 Å². The number of nitrogens with zero attached hydrogens (tertiary/aromatic N) is 1. The number of imide groups is 1. The van der Waals surface area contributed by atoms with E-state index >= 15 is 0 Å². The van der Waals surface area contributed by atoms with Gasteiger partial charge in [-0.3, -0.25) is 14.5 Å². The smallest absolute Gasteiger partial charge is 0.325 e. The first kappa shape index (κ1) is 15.8. The van der Waals surface area contributed by atoms with Gasteiger partial charge in [-0.2, -0.15) is 0 Å². The van der Waals surface area contributed by atoms with Crippen molar-refractivity contribution in [3.05, 3.63) is 57.8 Å². The number of hydrogen-bond donors (Lipinski definition) is 2. The summed E-state index contributed by atoms with van der Waals surface area (Å²) in [6.07, 6.45) is 1.27. The molecule has 1 aromatic carbocycles. The molecular formula is C18H17N3O3S. The van der Waals surface area contributed by atoms with Gasteiger partial charge in [0.2, 0.25) is 5.91 Å². The number of amides is 4. The van der Waals surface area contributed by atoms with Gasteiger partial charge in [-0.15, -0.1) is 11.3 Å². The summed E-state index contributed by atoms with van der Waals surface area (Å²) < 4.78 is 0. The van der Waals surface area contributed by atoms with E-state index in [1.807, 2.05) is 41.8 Å². The zero-order valence-corrected chi connectivity index (χ0v) is 14.3. The second-order valence-corrected chi connectivity index (χ2v) is 7.27. The van der Waals surface area contributed by atoms with Gasteiger partial charge in [0.25, 0.3) is 5.91 Å². The summed E-state index contributed by atoms with van der Waals surface area (Å²) in [7, 11) is 0. The molecule has 0 bridgehead atoms. The monoisotopic (exact) mass is 355 g/mol. The Hall–Kier alpha value is -2.67. The molecule has 0 unspecified atom stereocenters. The highest BCUT2D eigenvalue weighted by Gasteiger charge is 2.55. The lowest BCUT2D eigenvalue weighted by Gasteiger charge is -2.22. The van der Waals surface area contributed by atoms with E-state index in [0.717, 1.165) is 27.3 Å². The largest absolute Gasteiger partial charge is 0.350 e. The predicted octanol–water partition coefficient (Wildman–Crippen LogP) is 1.76. The van der Waals surface area contributed by atoms with Crippen molar-refractivity contribution in [2.45, 2.75) is 24.9 Å². The standard InChI is InChI=1S/C18H17N3O3S/c22-15(19-10-13-5-3-9-25-13)11-21-16(23)18(20-17(21)24)8-7-12-4-1-2-6-14(12)18/h1-6,9H,7-8,10-11H2,(H,19,22)(H,20,24)/t18-/m1/s1. The maximum Gasteiger partial charge on any atom is 0.325 e. The highest BCUT2D eigenvalue weighted by atomic mass is 32.1. The van der Waals surface area contributed by atoms with Crippen LogP contribution in [-0.2, 0) is 28.1 Å². The molecule has 2 aliphatic rings. The first-order valence-electron chi connectivity index (χ1n) is 8.12. The van der Waals surface area contributed by atoms with Crippen LogP contribution in [0.4, 0.5) is 4.79 Å². The fourth-order valence-corrected chi connectivity index (χ4v) is 4.18. The molecule has 1 aromatic heterocycles. The highest BCUT2D eigenvalue weighted by Crippen LogP contribution is 2.41. The zero-order chi connectivity index (χ0) is 17.4. The minimum absolute atomic E-state index is 0.264.